The summed E-state index contributed by atoms with van der Waals surface area (Å²) in [5.74, 6) is 0.864. The summed E-state index contributed by atoms with van der Waals surface area (Å²) >= 11 is 0. The molecule has 39 heavy (non-hydrogen) atoms. The van der Waals surface area contributed by atoms with Crippen molar-refractivity contribution in [3.8, 4) is 17.2 Å². The third-order valence-electron chi connectivity index (χ3n) is 7.40. The van der Waals surface area contributed by atoms with Crippen LogP contribution in [0.3, 0.4) is 0 Å². The monoisotopic (exact) mass is 533 g/mol. The molecule has 208 valence electrons. The van der Waals surface area contributed by atoms with E-state index in [1.54, 1.807) is 14.2 Å². The van der Waals surface area contributed by atoms with Gasteiger partial charge in [0.25, 0.3) is 0 Å². The number of allylic oxidation sites excluding steroid dienone is 3. The van der Waals surface area contributed by atoms with Crippen LogP contribution in [0.25, 0.3) is 0 Å². The quantitative estimate of drug-likeness (QED) is 0.385. The fourth-order valence-corrected chi connectivity index (χ4v) is 5.37. The Morgan fingerprint density at radius 3 is 2.38 bits per heavy atom. The van der Waals surface area contributed by atoms with Crippen molar-refractivity contribution in [1.82, 2.24) is 5.32 Å². The van der Waals surface area contributed by atoms with Gasteiger partial charge in [0.05, 0.1) is 37.9 Å². The number of para-hydroxylation sites is 1. The summed E-state index contributed by atoms with van der Waals surface area (Å²) in [6, 6.07) is 13.4. The first-order valence-electron chi connectivity index (χ1n) is 13.6. The Hall–Kier alpha value is -3.74. The van der Waals surface area contributed by atoms with Crippen LogP contribution >= 0.6 is 0 Å². The highest BCUT2D eigenvalue weighted by molar-refractivity contribution is 6.04. The van der Waals surface area contributed by atoms with Gasteiger partial charge < -0.3 is 24.3 Å². The van der Waals surface area contributed by atoms with Crippen molar-refractivity contribution >= 4 is 11.8 Å². The van der Waals surface area contributed by atoms with E-state index < -0.39 is 11.9 Å². The zero-order chi connectivity index (χ0) is 28.3. The number of methoxy groups -OCH3 is 2. The first-order chi connectivity index (χ1) is 18.7. The lowest BCUT2D eigenvalue weighted by Gasteiger charge is -2.37. The lowest BCUT2D eigenvalue weighted by Crippen LogP contribution is -2.36. The van der Waals surface area contributed by atoms with E-state index in [9.17, 15) is 9.59 Å². The van der Waals surface area contributed by atoms with Crippen LogP contribution in [0.4, 0.5) is 0 Å². The van der Waals surface area contributed by atoms with Crippen LogP contribution in [0.1, 0.15) is 76.8 Å². The van der Waals surface area contributed by atoms with Crippen molar-refractivity contribution < 1.29 is 28.5 Å². The first kappa shape index (κ1) is 28.3. The van der Waals surface area contributed by atoms with Gasteiger partial charge in [-0.3, -0.25) is 4.79 Å². The van der Waals surface area contributed by atoms with E-state index in [2.05, 4.69) is 5.32 Å². The van der Waals surface area contributed by atoms with E-state index in [1.165, 1.54) is 0 Å². The highest BCUT2D eigenvalue weighted by Crippen LogP contribution is 2.48. The number of carbonyl (C=O) groups is 2. The zero-order valence-corrected chi connectivity index (χ0v) is 23.9. The zero-order valence-electron chi connectivity index (χ0n) is 23.9. The number of benzene rings is 2. The average molecular weight is 534 g/mol. The standard InChI is InChI=1S/C32H39NO6/c1-8-19(4)39-32(35)29-20(5)33-24-15-22(21-13-14-27(36-6)28(17-21)37-7)16-25(34)31(24)30(29)23-11-9-10-12-26(23)38-18(2)3/h9-14,17-19,22,30,33H,8,15-16H2,1-7H3/t19-,22-,30+/m0/s1. The van der Waals surface area contributed by atoms with E-state index in [4.69, 9.17) is 18.9 Å². The van der Waals surface area contributed by atoms with Crippen LogP contribution in [-0.4, -0.2) is 38.2 Å². The molecule has 0 fully saturated rings. The smallest absolute Gasteiger partial charge is 0.337 e. The second-order valence-electron chi connectivity index (χ2n) is 10.5. The fourth-order valence-electron chi connectivity index (χ4n) is 5.37. The molecule has 1 heterocycles. The summed E-state index contributed by atoms with van der Waals surface area (Å²) < 4.78 is 22.9. The summed E-state index contributed by atoms with van der Waals surface area (Å²) in [6.07, 6.45) is 1.31. The van der Waals surface area contributed by atoms with Crippen molar-refractivity contribution in [1.29, 1.82) is 0 Å². The lowest BCUT2D eigenvalue weighted by atomic mass is 9.71. The predicted molar refractivity (Wildman–Crippen MR) is 150 cm³/mol. The molecule has 0 bridgehead atoms. The van der Waals surface area contributed by atoms with Gasteiger partial charge in [-0.05, 0) is 70.2 Å². The van der Waals surface area contributed by atoms with E-state index in [1.807, 2.05) is 77.1 Å². The summed E-state index contributed by atoms with van der Waals surface area (Å²) in [5.41, 5.74) is 4.35. The normalized spacial score (nSPS) is 19.8. The highest BCUT2D eigenvalue weighted by atomic mass is 16.5. The molecule has 2 aliphatic rings. The lowest BCUT2D eigenvalue weighted by molar-refractivity contribution is -0.144. The number of carbonyl (C=O) groups excluding carboxylic acids is 2. The summed E-state index contributed by atoms with van der Waals surface area (Å²) in [7, 11) is 3.21. The molecule has 1 aliphatic carbocycles. The maximum Gasteiger partial charge on any atom is 0.337 e. The van der Waals surface area contributed by atoms with E-state index in [0.717, 1.165) is 16.8 Å². The molecule has 2 aromatic rings. The van der Waals surface area contributed by atoms with Gasteiger partial charge in [0.2, 0.25) is 0 Å². The molecule has 0 radical (unpaired) electrons. The average Bonchev–Trinajstić information content (AvgIpc) is 2.91. The first-order valence-corrected chi connectivity index (χ1v) is 13.6. The number of esters is 1. The van der Waals surface area contributed by atoms with Gasteiger partial charge in [0.1, 0.15) is 5.75 Å². The maximum absolute atomic E-state index is 14.0. The Morgan fingerprint density at radius 1 is 1.00 bits per heavy atom. The molecule has 0 aromatic heterocycles. The molecule has 0 saturated carbocycles. The van der Waals surface area contributed by atoms with E-state index in [0.29, 0.717) is 53.4 Å². The Balaban J connectivity index is 1.81. The van der Waals surface area contributed by atoms with Crippen LogP contribution in [0, 0.1) is 0 Å². The van der Waals surface area contributed by atoms with Crippen molar-refractivity contribution in [2.45, 2.75) is 77.9 Å². The third kappa shape index (κ3) is 5.82. The van der Waals surface area contributed by atoms with Gasteiger partial charge in [-0.25, -0.2) is 4.79 Å². The molecule has 1 N–H and O–H groups in total. The van der Waals surface area contributed by atoms with Crippen molar-refractivity contribution in [2.24, 2.45) is 0 Å². The largest absolute Gasteiger partial charge is 0.493 e. The Kier molecular flexibility index (Phi) is 8.68. The number of dihydropyridines is 1. The third-order valence-corrected chi connectivity index (χ3v) is 7.40. The fraction of sp³-hybridized carbons (Fsp3) is 0.438. The maximum atomic E-state index is 14.0. The summed E-state index contributed by atoms with van der Waals surface area (Å²) in [4.78, 5) is 27.6. The molecule has 0 saturated heterocycles. The van der Waals surface area contributed by atoms with Crippen molar-refractivity contribution in [3.05, 3.63) is 76.1 Å². The highest BCUT2D eigenvalue weighted by Gasteiger charge is 2.42. The molecular weight excluding hydrogens is 494 g/mol. The number of ether oxygens (including phenoxy) is 4. The topological polar surface area (TPSA) is 83.1 Å². The molecule has 4 rings (SSSR count). The van der Waals surface area contributed by atoms with Crippen LogP contribution in [0.5, 0.6) is 17.2 Å². The Labute approximate surface area is 231 Å². The van der Waals surface area contributed by atoms with E-state index >= 15 is 0 Å². The minimum absolute atomic E-state index is 0.00535. The molecule has 3 atom stereocenters. The predicted octanol–water partition coefficient (Wildman–Crippen LogP) is 6.19. The van der Waals surface area contributed by atoms with Gasteiger partial charge >= 0.3 is 5.97 Å². The summed E-state index contributed by atoms with van der Waals surface area (Å²) in [5, 5.41) is 3.42. The number of Topliss-reactive ketones (excluding diaryl/α,β-unsaturated/α-hetero) is 1. The number of hydrogen-bond donors (Lipinski definition) is 1. The number of ketones is 1. The second-order valence-corrected chi connectivity index (χ2v) is 10.5. The minimum atomic E-state index is -0.591. The molecule has 2 aromatic carbocycles. The Bertz CT molecular complexity index is 1310. The molecular formula is C32H39NO6. The molecule has 7 nitrogen and oxygen atoms in total. The molecule has 0 unspecified atom stereocenters. The number of rotatable bonds is 9. The van der Waals surface area contributed by atoms with Gasteiger partial charge in [-0.15, -0.1) is 0 Å². The number of nitrogens with one attached hydrogen (secondary N) is 1. The second kappa shape index (κ2) is 12.0. The molecule has 1 aliphatic heterocycles. The van der Waals surface area contributed by atoms with Gasteiger partial charge in [0.15, 0.2) is 17.3 Å². The van der Waals surface area contributed by atoms with Crippen LogP contribution < -0.4 is 19.5 Å². The van der Waals surface area contributed by atoms with Crippen LogP contribution in [0.2, 0.25) is 0 Å². The van der Waals surface area contributed by atoms with Crippen molar-refractivity contribution in [3.63, 3.8) is 0 Å². The molecule has 0 amide bonds. The minimum Gasteiger partial charge on any atom is -0.493 e. The van der Waals surface area contributed by atoms with Crippen LogP contribution in [0.15, 0.2) is 65.0 Å². The SMILES string of the molecule is CC[C@H](C)OC(=O)C1=C(C)NC2=C(C(=O)C[C@@H](c3ccc(OC)c(OC)c3)C2)[C@@H]1c1ccccc1OC(C)C. The molecule has 0 spiro atoms. The molecule has 7 heteroatoms. The van der Waals surface area contributed by atoms with E-state index in [-0.39, 0.29) is 23.9 Å². The van der Waals surface area contributed by atoms with Gasteiger partial charge in [-0.2, -0.15) is 0 Å². The van der Waals surface area contributed by atoms with Crippen molar-refractivity contribution in [2.75, 3.05) is 14.2 Å². The summed E-state index contributed by atoms with van der Waals surface area (Å²) in [6.45, 7) is 9.64. The Morgan fingerprint density at radius 2 is 1.72 bits per heavy atom. The number of hydrogen-bond acceptors (Lipinski definition) is 7. The van der Waals surface area contributed by atoms with Gasteiger partial charge in [-0.1, -0.05) is 31.2 Å². The van der Waals surface area contributed by atoms with Crippen LogP contribution in [-0.2, 0) is 14.3 Å². The van der Waals surface area contributed by atoms with Gasteiger partial charge in [0, 0.05) is 29.0 Å².